The van der Waals surface area contributed by atoms with Crippen LogP contribution in [0.5, 0.6) is 0 Å². The molecule has 1 fully saturated rings. The Kier molecular flexibility index (Phi) is 17.4. The Bertz CT molecular complexity index is 1260. The van der Waals surface area contributed by atoms with Crippen molar-refractivity contribution in [2.45, 2.75) is 95.4 Å². The van der Waals surface area contributed by atoms with E-state index in [-0.39, 0.29) is 38.1 Å². The quantitative estimate of drug-likeness (QED) is 0.158. The van der Waals surface area contributed by atoms with Crippen LogP contribution in [0.2, 0.25) is 0 Å². The molecule has 11 heteroatoms. The van der Waals surface area contributed by atoms with Crippen LogP contribution < -0.4 is 10.6 Å². The molecule has 1 saturated carbocycles. The molecule has 1 aliphatic carbocycles. The number of carbonyl (C=O) groups excluding carboxylic acids is 2. The molecule has 10 nitrogen and oxygen atoms in total. The summed E-state index contributed by atoms with van der Waals surface area (Å²) in [5, 5.41) is 27.3. The molecule has 0 radical (unpaired) electrons. The van der Waals surface area contributed by atoms with Gasteiger partial charge in [-0.25, -0.2) is 12.7 Å². The SMILES string of the molecule is C#CCCC(O)[C@H](O)C(CC1CCCCC1)NC(=O)[C@H](CC#C)NC(=O)C(Cc1ccccc1)CS(=O)(=O)N(C)CCN(C)CC. The second kappa shape index (κ2) is 20.3. The third-order valence-electron chi connectivity index (χ3n) is 8.90. The minimum absolute atomic E-state index is 0.141. The lowest BCUT2D eigenvalue weighted by atomic mass is 9.82. The molecule has 1 aromatic carbocycles. The van der Waals surface area contributed by atoms with E-state index in [0.29, 0.717) is 13.0 Å². The highest BCUT2D eigenvalue weighted by molar-refractivity contribution is 7.89. The third kappa shape index (κ3) is 13.4. The lowest BCUT2D eigenvalue weighted by molar-refractivity contribution is -0.132. The van der Waals surface area contributed by atoms with E-state index in [0.717, 1.165) is 44.2 Å². The first-order valence-corrected chi connectivity index (χ1v) is 18.0. The van der Waals surface area contributed by atoms with Crippen molar-refractivity contribution >= 4 is 21.8 Å². The number of carbonyl (C=O) groups is 2. The predicted octanol–water partition coefficient (Wildman–Crippen LogP) is 2.16. The van der Waals surface area contributed by atoms with Crippen LogP contribution in [0.4, 0.5) is 0 Å². The molecule has 3 unspecified atom stereocenters. The van der Waals surface area contributed by atoms with Gasteiger partial charge in [0.05, 0.1) is 23.8 Å². The van der Waals surface area contributed by atoms with Gasteiger partial charge < -0.3 is 25.7 Å². The number of aliphatic hydroxyl groups is 2. The molecular formula is C35H54N4O6S. The number of benzene rings is 1. The number of nitrogens with zero attached hydrogens (tertiary/aromatic N) is 2. The first-order valence-electron chi connectivity index (χ1n) is 16.4. The minimum atomic E-state index is -3.83. The maximum absolute atomic E-state index is 13.8. The molecule has 0 heterocycles. The number of amides is 2. The second-order valence-corrected chi connectivity index (χ2v) is 14.6. The number of likely N-dealkylation sites (N-methyl/N-ethyl adjacent to an activating group) is 2. The second-order valence-electron chi connectivity index (χ2n) is 12.5. The van der Waals surface area contributed by atoms with Gasteiger partial charge in [0.15, 0.2) is 0 Å². The van der Waals surface area contributed by atoms with Crippen molar-refractivity contribution in [3.8, 4) is 24.7 Å². The molecule has 1 aromatic rings. The molecule has 256 valence electrons. The molecule has 46 heavy (non-hydrogen) atoms. The molecule has 2 amide bonds. The van der Waals surface area contributed by atoms with Crippen LogP contribution in [0.1, 0.15) is 70.3 Å². The lowest BCUT2D eigenvalue weighted by Gasteiger charge is -2.33. The average molecular weight is 659 g/mol. The van der Waals surface area contributed by atoms with Gasteiger partial charge in [0.1, 0.15) is 12.1 Å². The van der Waals surface area contributed by atoms with Gasteiger partial charge in [-0.3, -0.25) is 9.59 Å². The molecule has 0 spiro atoms. The molecule has 0 bridgehead atoms. The zero-order chi connectivity index (χ0) is 34.1. The highest BCUT2D eigenvalue weighted by atomic mass is 32.2. The van der Waals surface area contributed by atoms with Crippen LogP contribution in [-0.4, -0.2) is 103 Å². The molecule has 0 aliphatic heterocycles. The van der Waals surface area contributed by atoms with Crippen molar-refractivity contribution in [1.82, 2.24) is 19.8 Å². The Morgan fingerprint density at radius 3 is 2.28 bits per heavy atom. The topological polar surface area (TPSA) is 139 Å². The van der Waals surface area contributed by atoms with Gasteiger partial charge in [0, 0.05) is 33.0 Å². The van der Waals surface area contributed by atoms with Gasteiger partial charge in [0.25, 0.3) is 0 Å². The summed E-state index contributed by atoms with van der Waals surface area (Å²) in [5.74, 6) is 2.50. The van der Waals surface area contributed by atoms with E-state index < -0.39 is 57.8 Å². The molecule has 2 rings (SSSR count). The van der Waals surface area contributed by atoms with Crippen molar-refractivity contribution in [2.24, 2.45) is 11.8 Å². The number of hydrogen-bond acceptors (Lipinski definition) is 7. The van der Waals surface area contributed by atoms with Gasteiger partial charge in [0.2, 0.25) is 21.8 Å². The first kappa shape index (κ1) is 39.2. The Hall–Kier alpha value is -2.93. The fraction of sp³-hybridized carbons (Fsp3) is 0.657. The van der Waals surface area contributed by atoms with Gasteiger partial charge in [-0.15, -0.1) is 24.7 Å². The standard InChI is InChI=1S/C35H54N4O6S/c1-6-9-21-32(40)33(41)31(25-28-19-14-11-15-20-28)37-35(43)30(16-7-2)36-34(42)29(24-27-17-12-10-13-18-27)26-46(44,45)39(5)23-22-38(4)8-3/h1-2,10,12-13,17-18,28-33,40-41H,8-9,11,14-16,19-26H2,3-5H3,(H,36,42)(H,37,43)/t29?,30-,31?,32?,33+/m0/s1. The summed E-state index contributed by atoms with van der Waals surface area (Å²) in [4.78, 5) is 29.4. The summed E-state index contributed by atoms with van der Waals surface area (Å²) in [7, 11) is -0.428. The monoisotopic (exact) mass is 658 g/mol. The zero-order valence-corrected chi connectivity index (χ0v) is 28.6. The maximum atomic E-state index is 13.8. The predicted molar refractivity (Wildman–Crippen MR) is 182 cm³/mol. The van der Waals surface area contributed by atoms with E-state index in [1.54, 1.807) is 0 Å². The van der Waals surface area contributed by atoms with Crippen LogP contribution in [0, 0.1) is 36.5 Å². The van der Waals surface area contributed by atoms with Gasteiger partial charge in [-0.2, -0.15) is 0 Å². The Morgan fingerprint density at radius 2 is 1.67 bits per heavy atom. The zero-order valence-electron chi connectivity index (χ0n) is 27.7. The summed E-state index contributed by atoms with van der Waals surface area (Å²) in [6, 6.07) is 7.16. The third-order valence-corrected chi connectivity index (χ3v) is 10.9. The van der Waals surface area contributed by atoms with Gasteiger partial charge in [-0.1, -0.05) is 69.4 Å². The van der Waals surface area contributed by atoms with Crippen LogP contribution in [0.15, 0.2) is 30.3 Å². The maximum Gasteiger partial charge on any atom is 0.243 e. The lowest BCUT2D eigenvalue weighted by Crippen LogP contribution is -2.56. The number of nitrogens with one attached hydrogen (secondary N) is 2. The molecule has 0 aromatic heterocycles. The molecule has 5 atom stereocenters. The first-order chi connectivity index (χ1) is 21.9. The van der Waals surface area contributed by atoms with Crippen molar-refractivity contribution in [2.75, 3.05) is 39.5 Å². The summed E-state index contributed by atoms with van der Waals surface area (Å²) < 4.78 is 28.0. The van der Waals surface area contributed by atoms with Crippen molar-refractivity contribution in [3.05, 3.63) is 35.9 Å². The fourth-order valence-electron chi connectivity index (χ4n) is 5.75. The summed E-state index contributed by atoms with van der Waals surface area (Å²) in [5.41, 5.74) is 0.779. The van der Waals surface area contributed by atoms with Gasteiger partial charge >= 0.3 is 0 Å². The van der Waals surface area contributed by atoms with Crippen LogP contribution in [0.25, 0.3) is 0 Å². The minimum Gasteiger partial charge on any atom is -0.390 e. The summed E-state index contributed by atoms with van der Waals surface area (Å²) in [6.45, 7) is 3.57. The van der Waals surface area contributed by atoms with E-state index in [9.17, 15) is 28.2 Å². The number of sulfonamides is 1. The molecule has 0 saturated heterocycles. The van der Waals surface area contributed by atoms with E-state index in [2.05, 4.69) is 22.5 Å². The largest absolute Gasteiger partial charge is 0.390 e. The van der Waals surface area contributed by atoms with Gasteiger partial charge in [-0.05, 0) is 44.3 Å². The smallest absolute Gasteiger partial charge is 0.243 e. The van der Waals surface area contributed by atoms with Crippen molar-refractivity contribution in [3.63, 3.8) is 0 Å². The van der Waals surface area contributed by atoms with Crippen molar-refractivity contribution in [1.29, 1.82) is 0 Å². The number of terminal acetylenes is 2. The highest BCUT2D eigenvalue weighted by Crippen LogP contribution is 2.29. The summed E-state index contributed by atoms with van der Waals surface area (Å²) in [6.07, 6.45) is 14.7. The van der Waals surface area contributed by atoms with Crippen LogP contribution >= 0.6 is 0 Å². The Balaban J connectivity index is 2.26. The normalized spacial score (nSPS) is 17.3. The van der Waals surface area contributed by atoms with Crippen LogP contribution in [0.3, 0.4) is 0 Å². The molecule has 1 aliphatic rings. The van der Waals surface area contributed by atoms with E-state index in [4.69, 9.17) is 12.8 Å². The number of hydrogen-bond donors (Lipinski definition) is 4. The Morgan fingerprint density at radius 1 is 1.00 bits per heavy atom. The molecule has 4 N–H and O–H groups in total. The average Bonchev–Trinajstić information content (AvgIpc) is 3.05. The van der Waals surface area contributed by atoms with E-state index in [1.807, 2.05) is 49.2 Å². The van der Waals surface area contributed by atoms with E-state index in [1.165, 1.54) is 11.4 Å². The van der Waals surface area contributed by atoms with Crippen LogP contribution in [-0.2, 0) is 26.0 Å². The number of rotatable bonds is 20. The van der Waals surface area contributed by atoms with E-state index >= 15 is 0 Å². The fourth-order valence-corrected chi connectivity index (χ4v) is 7.14. The highest BCUT2D eigenvalue weighted by Gasteiger charge is 2.34. The Labute approximate surface area is 276 Å². The molecular weight excluding hydrogens is 604 g/mol. The van der Waals surface area contributed by atoms with Crippen molar-refractivity contribution < 1.29 is 28.2 Å². The number of aliphatic hydroxyl groups excluding tert-OH is 2. The summed E-state index contributed by atoms with van der Waals surface area (Å²) >= 11 is 0.